The maximum Gasteiger partial charge on any atom is 0.395 e. The molecule has 0 aromatic carbocycles. The van der Waals surface area contributed by atoms with Gasteiger partial charge in [-0.3, -0.25) is 14.9 Å². The predicted octanol–water partition coefficient (Wildman–Crippen LogP) is 0.882. The molecule has 2 heterocycles. The summed E-state index contributed by atoms with van der Waals surface area (Å²) in [4.78, 5) is 29.4. The fraction of sp³-hybridized carbons (Fsp3) is 0. The Morgan fingerprint density at radius 2 is 2.22 bits per heavy atom. The molecule has 8 nitrogen and oxygen atoms in total. The molecule has 0 saturated carbocycles. The van der Waals surface area contributed by atoms with Gasteiger partial charge >= 0.3 is 11.2 Å². The molecule has 0 unspecified atom stereocenters. The van der Waals surface area contributed by atoms with Crippen LogP contribution in [0.3, 0.4) is 0 Å². The summed E-state index contributed by atoms with van der Waals surface area (Å²) in [7, 11) is 0. The highest BCUT2D eigenvalue weighted by Gasteiger charge is 2.21. The molecule has 0 fully saturated rings. The van der Waals surface area contributed by atoms with E-state index in [4.69, 9.17) is 0 Å². The summed E-state index contributed by atoms with van der Waals surface area (Å²) < 4.78 is 0. The van der Waals surface area contributed by atoms with Crippen molar-refractivity contribution in [3.8, 4) is 5.88 Å². The Labute approximate surface area is 99.8 Å². The van der Waals surface area contributed by atoms with E-state index < -0.39 is 22.0 Å². The van der Waals surface area contributed by atoms with Crippen molar-refractivity contribution in [3.63, 3.8) is 0 Å². The molecule has 18 heavy (non-hydrogen) atoms. The molecule has 2 rings (SSSR count). The Morgan fingerprint density at radius 1 is 1.44 bits per heavy atom. The Morgan fingerprint density at radius 3 is 2.78 bits per heavy atom. The summed E-state index contributed by atoms with van der Waals surface area (Å²) in [5.74, 6) is -0.882. The topological polar surface area (TPSA) is 125 Å². The van der Waals surface area contributed by atoms with E-state index in [1.165, 1.54) is 6.08 Å². The lowest BCUT2D eigenvalue weighted by molar-refractivity contribution is -0.387. The highest BCUT2D eigenvalue weighted by molar-refractivity contribution is 5.65. The third-order valence-electron chi connectivity index (χ3n) is 2.12. The second kappa shape index (κ2) is 4.53. The van der Waals surface area contributed by atoms with Crippen molar-refractivity contribution in [2.24, 2.45) is 0 Å². The fourth-order valence-corrected chi connectivity index (χ4v) is 1.33. The van der Waals surface area contributed by atoms with Gasteiger partial charge in [0.1, 0.15) is 5.82 Å². The average molecular weight is 248 g/mol. The maximum absolute atomic E-state index is 11.3. The van der Waals surface area contributed by atoms with E-state index in [1.54, 1.807) is 24.4 Å². The summed E-state index contributed by atoms with van der Waals surface area (Å²) in [5, 5.41) is 19.7. The van der Waals surface area contributed by atoms with Crippen LogP contribution in [0.1, 0.15) is 11.5 Å². The average Bonchev–Trinajstić information content (AvgIpc) is 2.77. The van der Waals surface area contributed by atoms with Crippen molar-refractivity contribution in [1.82, 2.24) is 15.0 Å². The van der Waals surface area contributed by atoms with Crippen LogP contribution in [0.5, 0.6) is 5.88 Å². The van der Waals surface area contributed by atoms with Crippen LogP contribution < -0.4 is 5.56 Å². The van der Waals surface area contributed by atoms with Gasteiger partial charge in [-0.05, 0) is 24.3 Å². The quantitative estimate of drug-likeness (QED) is 0.549. The second-order valence-electron chi connectivity index (χ2n) is 3.34. The molecule has 0 radical (unpaired) electrons. The van der Waals surface area contributed by atoms with Crippen molar-refractivity contribution in [1.29, 1.82) is 0 Å². The number of nitrogens with one attached hydrogen (secondary N) is 2. The van der Waals surface area contributed by atoms with Crippen molar-refractivity contribution in [3.05, 3.63) is 50.3 Å². The normalized spacial score (nSPS) is 10.9. The lowest BCUT2D eigenvalue weighted by Crippen LogP contribution is -2.14. The van der Waals surface area contributed by atoms with Gasteiger partial charge < -0.3 is 15.1 Å². The van der Waals surface area contributed by atoms with E-state index in [2.05, 4.69) is 15.0 Å². The number of aromatic amines is 2. The lowest BCUT2D eigenvalue weighted by Gasteiger charge is -1.96. The monoisotopic (exact) mass is 248 g/mol. The van der Waals surface area contributed by atoms with Crippen LogP contribution in [0.25, 0.3) is 12.2 Å². The fourth-order valence-electron chi connectivity index (χ4n) is 1.33. The smallest absolute Gasteiger partial charge is 0.395 e. The van der Waals surface area contributed by atoms with E-state index in [0.717, 1.165) is 5.69 Å². The second-order valence-corrected chi connectivity index (χ2v) is 3.34. The van der Waals surface area contributed by atoms with Gasteiger partial charge in [0.2, 0.25) is 0 Å². The first-order chi connectivity index (χ1) is 8.58. The van der Waals surface area contributed by atoms with E-state index in [1.807, 2.05) is 0 Å². The van der Waals surface area contributed by atoms with Crippen molar-refractivity contribution in [2.45, 2.75) is 0 Å². The number of rotatable bonds is 3. The first kappa shape index (κ1) is 11.6. The van der Waals surface area contributed by atoms with Crippen LogP contribution >= 0.6 is 0 Å². The molecule has 0 atom stereocenters. The zero-order valence-electron chi connectivity index (χ0n) is 8.95. The molecule has 2 aromatic rings. The number of nitrogens with zero attached hydrogens (tertiary/aromatic N) is 2. The van der Waals surface area contributed by atoms with Gasteiger partial charge in [-0.1, -0.05) is 0 Å². The number of aromatic nitrogens is 3. The first-order valence-corrected chi connectivity index (χ1v) is 4.87. The molecule has 0 spiro atoms. The number of hydrogen-bond donors (Lipinski definition) is 3. The number of H-pyrrole nitrogens is 2. The summed E-state index contributed by atoms with van der Waals surface area (Å²) in [6, 6.07) is 3.56. The summed E-state index contributed by atoms with van der Waals surface area (Å²) >= 11 is 0. The molecule has 8 heteroatoms. The zero-order valence-corrected chi connectivity index (χ0v) is 8.95. The van der Waals surface area contributed by atoms with E-state index in [9.17, 15) is 20.0 Å². The molecule has 0 amide bonds. The molecule has 0 bridgehead atoms. The highest BCUT2D eigenvalue weighted by Crippen LogP contribution is 2.17. The minimum absolute atomic E-state index is 0.0256. The Kier molecular flexibility index (Phi) is 2.92. The van der Waals surface area contributed by atoms with Crippen LogP contribution in [-0.2, 0) is 0 Å². The largest absolute Gasteiger partial charge is 0.488 e. The van der Waals surface area contributed by atoms with Gasteiger partial charge in [0.05, 0.1) is 4.92 Å². The molecule has 3 N–H and O–H groups in total. The molecule has 0 aliphatic rings. The van der Waals surface area contributed by atoms with Crippen molar-refractivity contribution < 1.29 is 10.0 Å². The summed E-state index contributed by atoms with van der Waals surface area (Å²) in [6.07, 6.45) is 4.73. The SMILES string of the molecule is O=c1[nH]c(/C=C\c2ccc[nH]2)nc(O)c1[N+](=O)[O-]. The van der Waals surface area contributed by atoms with E-state index in [-0.39, 0.29) is 5.82 Å². The molecule has 92 valence electrons. The van der Waals surface area contributed by atoms with Gasteiger partial charge in [-0.2, -0.15) is 4.98 Å². The molecule has 0 aliphatic carbocycles. The standard InChI is InChI=1S/C10H8N4O4/c15-9-8(14(17)18)10(16)13-7(12-9)4-3-6-2-1-5-11-6/h1-5,11H,(H2,12,13,15,16)/b4-3-. The van der Waals surface area contributed by atoms with Gasteiger partial charge in [0, 0.05) is 11.9 Å². The molecule has 0 aliphatic heterocycles. The number of hydrogen-bond acceptors (Lipinski definition) is 5. The summed E-state index contributed by atoms with van der Waals surface area (Å²) in [5.41, 5.74) is -1.21. The van der Waals surface area contributed by atoms with Gasteiger partial charge in [0.15, 0.2) is 0 Å². The first-order valence-electron chi connectivity index (χ1n) is 4.87. The van der Waals surface area contributed by atoms with Crippen LogP contribution in [0, 0.1) is 10.1 Å². The third kappa shape index (κ3) is 2.26. The van der Waals surface area contributed by atoms with Crippen LogP contribution in [0.4, 0.5) is 5.69 Å². The Balaban J connectivity index is 2.37. The van der Waals surface area contributed by atoms with E-state index in [0.29, 0.717) is 0 Å². The minimum Gasteiger partial charge on any atom is -0.488 e. The zero-order chi connectivity index (χ0) is 13.1. The minimum atomic E-state index is -1.00. The highest BCUT2D eigenvalue weighted by atomic mass is 16.6. The third-order valence-corrected chi connectivity index (χ3v) is 2.12. The predicted molar refractivity (Wildman–Crippen MR) is 62.9 cm³/mol. The maximum atomic E-state index is 11.3. The van der Waals surface area contributed by atoms with Gasteiger partial charge in [-0.25, -0.2) is 0 Å². The Bertz CT molecular complexity index is 657. The molecule has 0 saturated heterocycles. The number of nitro groups is 1. The van der Waals surface area contributed by atoms with Crippen molar-refractivity contribution >= 4 is 17.8 Å². The summed E-state index contributed by atoms with van der Waals surface area (Å²) in [6.45, 7) is 0. The molecular formula is C10H8N4O4. The molecular weight excluding hydrogens is 240 g/mol. The molecule has 2 aromatic heterocycles. The van der Waals surface area contributed by atoms with Crippen LogP contribution in [0.2, 0.25) is 0 Å². The number of aromatic hydroxyl groups is 1. The van der Waals surface area contributed by atoms with Crippen molar-refractivity contribution in [2.75, 3.05) is 0 Å². The van der Waals surface area contributed by atoms with E-state index >= 15 is 0 Å². The van der Waals surface area contributed by atoms with Gasteiger partial charge in [0.25, 0.3) is 5.88 Å². The lowest BCUT2D eigenvalue weighted by atomic mass is 10.3. The van der Waals surface area contributed by atoms with Gasteiger partial charge in [-0.15, -0.1) is 0 Å². The van der Waals surface area contributed by atoms with Crippen LogP contribution in [0.15, 0.2) is 23.1 Å². The Hall–Kier alpha value is -2.90. The van der Waals surface area contributed by atoms with Crippen LogP contribution in [-0.4, -0.2) is 25.0 Å².